The smallest absolute Gasteiger partial charge is 0.164 e. The van der Waals surface area contributed by atoms with E-state index in [1.807, 2.05) is 0 Å². The van der Waals surface area contributed by atoms with E-state index < -0.39 is 25.4 Å². The number of aliphatic hydroxyl groups excluding tert-OH is 3. The third-order valence-corrected chi connectivity index (χ3v) is 1.40. The lowest BCUT2D eigenvalue weighted by Crippen LogP contribution is -2.58. The van der Waals surface area contributed by atoms with Crippen LogP contribution in [0.5, 0.6) is 0 Å². The van der Waals surface area contributed by atoms with E-state index in [9.17, 15) is 0 Å². The molecule has 0 rings (SSSR count). The largest absolute Gasteiger partial charge is 0.394 e. The number of hydrogen-bond acceptors (Lipinski definition) is 4. The van der Waals surface area contributed by atoms with Crippen molar-refractivity contribution < 1.29 is 15.3 Å². The Morgan fingerprint density at radius 1 is 1.27 bits per heavy atom. The quantitative estimate of drug-likeness (QED) is 0.308. The van der Waals surface area contributed by atoms with E-state index in [0.29, 0.717) is 0 Å². The molecule has 0 amide bonds. The van der Waals surface area contributed by atoms with Crippen LogP contribution in [-0.2, 0) is 0 Å². The van der Waals surface area contributed by atoms with Crippen LogP contribution < -0.4 is 11.1 Å². The molecule has 6 heteroatoms. The number of rotatable bonds is 4. The van der Waals surface area contributed by atoms with E-state index in [4.69, 9.17) is 21.1 Å². The summed E-state index contributed by atoms with van der Waals surface area (Å²) in [5.74, 6) is 0. The van der Waals surface area contributed by atoms with Crippen molar-refractivity contribution in [1.29, 1.82) is 0 Å². The first-order valence-electron chi connectivity index (χ1n) is 3.00. The van der Waals surface area contributed by atoms with Crippen molar-refractivity contribution in [2.45, 2.75) is 5.54 Å². The van der Waals surface area contributed by atoms with E-state index in [2.05, 4.69) is 17.5 Å². The highest BCUT2D eigenvalue weighted by molar-refractivity contribution is 7.80. The van der Waals surface area contributed by atoms with E-state index in [0.717, 1.165) is 0 Å². The first-order valence-corrected chi connectivity index (χ1v) is 3.41. The number of thiocarbonyl (C=S) groups is 1. The average Bonchev–Trinajstić information content (AvgIpc) is 2.00. The highest BCUT2D eigenvalue weighted by Gasteiger charge is 2.27. The molecular weight excluding hydrogens is 168 g/mol. The summed E-state index contributed by atoms with van der Waals surface area (Å²) in [5, 5.41) is 28.5. The van der Waals surface area contributed by atoms with Gasteiger partial charge in [0, 0.05) is 0 Å². The Morgan fingerprint density at radius 2 is 1.64 bits per heavy atom. The van der Waals surface area contributed by atoms with Gasteiger partial charge < -0.3 is 26.4 Å². The molecule has 0 saturated heterocycles. The molecule has 11 heavy (non-hydrogen) atoms. The number of hydrogen-bond donors (Lipinski definition) is 5. The lowest BCUT2D eigenvalue weighted by Gasteiger charge is -2.28. The highest BCUT2D eigenvalue weighted by Crippen LogP contribution is 1.99. The molecule has 0 aromatic carbocycles. The van der Waals surface area contributed by atoms with E-state index in [1.165, 1.54) is 0 Å². The number of aliphatic hydroxyl groups is 3. The van der Waals surface area contributed by atoms with Crippen LogP contribution in [0.1, 0.15) is 0 Å². The summed E-state index contributed by atoms with van der Waals surface area (Å²) >= 11 is 4.48. The molecule has 5 nitrogen and oxygen atoms in total. The molecule has 0 spiro atoms. The van der Waals surface area contributed by atoms with Crippen molar-refractivity contribution in [3.63, 3.8) is 0 Å². The maximum atomic E-state index is 8.73. The fraction of sp³-hybridized carbons (Fsp3) is 0.800. The van der Waals surface area contributed by atoms with Gasteiger partial charge in [-0.25, -0.2) is 0 Å². The summed E-state index contributed by atoms with van der Waals surface area (Å²) in [6, 6.07) is 0. The van der Waals surface area contributed by atoms with Crippen molar-refractivity contribution in [2.75, 3.05) is 19.8 Å². The number of nitrogens with two attached hydrogens (primary N) is 1. The molecule has 0 aliphatic rings. The van der Waals surface area contributed by atoms with Crippen molar-refractivity contribution in [3.05, 3.63) is 0 Å². The maximum absolute atomic E-state index is 8.73. The number of nitrogens with one attached hydrogen (secondary N) is 1. The van der Waals surface area contributed by atoms with Crippen LogP contribution in [-0.4, -0.2) is 45.8 Å². The van der Waals surface area contributed by atoms with Gasteiger partial charge in [0.05, 0.1) is 19.8 Å². The minimum absolute atomic E-state index is 0.0675. The molecule has 66 valence electrons. The normalized spacial score (nSPS) is 11.2. The molecule has 0 bridgehead atoms. The molecule has 0 atom stereocenters. The summed E-state index contributed by atoms with van der Waals surface area (Å²) in [4.78, 5) is 0. The van der Waals surface area contributed by atoms with Crippen LogP contribution in [0.3, 0.4) is 0 Å². The standard InChI is InChI=1S/C5H12N2O3S/c6-4(11)7-5(1-8,2-9)3-10/h8-10H,1-3H2,(H3,6,7,11). The van der Waals surface area contributed by atoms with E-state index in [-0.39, 0.29) is 5.11 Å². The highest BCUT2D eigenvalue weighted by atomic mass is 32.1. The summed E-state index contributed by atoms with van der Waals surface area (Å²) in [5.41, 5.74) is 3.89. The molecule has 0 radical (unpaired) electrons. The summed E-state index contributed by atoms with van der Waals surface area (Å²) in [6.07, 6.45) is 0. The van der Waals surface area contributed by atoms with Crippen molar-refractivity contribution >= 4 is 17.3 Å². The zero-order valence-corrected chi connectivity index (χ0v) is 6.77. The van der Waals surface area contributed by atoms with Crippen LogP contribution in [0.15, 0.2) is 0 Å². The minimum Gasteiger partial charge on any atom is -0.394 e. The Labute approximate surface area is 69.8 Å². The molecule has 0 aromatic rings. The monoisotopic (exact) mass is 180 g/mol. The third-order valence-electron chi connectivity index (χ3n) is 1.30. The Kier molecular flexibility index (Phi) is 4.27. The molecule has 6 N–H and O–H groups in total. The molecule has 0 aromatic heterocycles. The SMILES string of the molecule is NC(=S)NC(CO)(CO)CO. The lowest BCUT2D eigenvalue weighted by atomic mass is 10.0. The zero-order chi connectivity index (χ0) is 8.91. The molecule has 0 fully saturated rings. The Balaban J connectivity index is 4.16. The predicted octanol–water partition coefficient (Wildman–Crippen LogP) is -2.46. The molecule has 0 saturated carbocycles. The van der Waals surface area contributed by atoms with Gasteiger partial charge in [-0.05, 0) is 12.2 Å². The summed E-state index contributed by atoms with van der Waals surface area (Å²) < 4.78 is 0. The third kappa shape index (κ3) is 2.98. The second-order valence-electron chi connectivity index (χ2n) is 2.24. The van der Waals surface area contributed by atoms with Gasteiger partial charge in [0.25, 0.3) is 0 Å². The van der Waals surface area contributed by atoms with Gasteiger partial charge in [0.15, 0.2) is 5.11 Å². The van der Waals surface area contributed by atoms with Crippen LogP contribution >= 0.6 is 12.2 Å². The lowest BCUT2D eigenvalue weighted by molar-refractivity contribution is 0.0561. The molecule has 0 heterocycles. The second kappa shape index (κ2) is 4.45. The van der Waals surface area contributed by atoms with Crippen molar-refractivity contribution in [1.82, 2.24) is 5.32 Å². The van der Waals surface area contributed by atoms with Crippen LogP contribution in [0.25, 0.3) is 0 Å². The Bertz CT molecular complexity index is 129. The Morgan fingerprint density at radius 3 is 1.73 bits per heavy atom. The fourth-order valence-corrected chi connectivity index (χ4v) is 0.746. The summed E-state index contributed by atoms with van der Waals surface area (Å²) in [7, 11) is 0. The fourth-order valence-electron chi connectivity index (χ4n) is 0.530. The Hall–Kier alpha value is -0.430. The second-order valence-corrected chi connectivity index (χ2v) is 2.68. The van der Waals surface area contributed by atoms with E-state index >= 15 is 0 Å². The topological polar surface area (TPSA) is 98.7 Å². The van der Waals surface area contributed by atoms with Gasteiger partial charge in [-0.15, -0.1) is 0 Å². The first-order chi connectivity index (χ1) is 5.10. The van der Waals surface area contributed by atoms with Gasteiger partial charge in [0.1, 0.15) is 5.54 Å². The average molecular weight is 180 g/mol. The van der Waals surface area contributed by atoms with Gasteiger partial charge in [-0.3, -0.25) is 0 Å². The van der Waals surface area contributed by atoms with Crippen LogP contribution in [0.2, 0.25) is 0 Å². The van der Waals surface area contributed by atoms with Crippen LogP contribution in [0, 0.1) is 0 Å². The minimum atomic E-state index is -1.20. The molecule has 0 unspecified atom stereocenters. The van der Waals surface area contributed by atoms with E-state index in [1.54, 1.807) is 0 Å². The zero-order valence-electron chi connectivity index (χ0n) is 5.95. The van der Waals surface area contributed by atoms with Crippen LogP contribution in [0.4, 0.5) is 0 Å². The van der Waals surface area contributed by atoms with Gasteiger partial charge in [-0.1, -0.05) is 0 Å². The van der Waals surface area contributed by atoms with Gasteiger partial charge in [-0.2, -0.15) is 0 Å². The van der Waals surface area contributed by atoms with Crippen molar-refractivity contribution in [3.8, 4) is 0 Å². The predicted molar refractivity (Wildman–Crippen MR) is 43.9 cm³/mol. The molecule has 0 aliphatic heterocycles. The van der Waals surface area contributed by atoms with Crippen molar-refractivity contribution in [2.24, 2.45) is 5.73 Å². The molecule has 0 aliphatic carbocycles. The van der Waals surface area contributed by atoms with Gasteiger partial charge in [0.2, 0.25) is 0 Å². The first kappa shape index (κ1) is 10.6. The maximum Gasteiger partial charge on any atom is 0.164 e. The molecular formula is C5H12N2O3S. The van der Waals surface area contributed by atoms with Gasteiger partial charge >= 0.3 is 0 Å². The summed E-state index contributed by atoms with van der Waals surface area (Å²) in [6.45, 7) is -1.30.